The van der Waals surface area contributed by atoms with Crippen LogP contribution in [0.5, 0.6) is 11.5 Å². The highest BCUT2D eigenvalue weighted by Crippen LogP contribution is 2.42. The van der Waals surface area contributed by atoms with Gasteiger partial charge in [-0.1, -0.05) is 24.3 Å². The highest BCUT2D eigenvalue weighted by Gasteiger charge is 2.15. The zero-order valence-electron chi connectivity index (χ0n) is 10.9. The summed E-state index contributed by atoms with van der Waals surface area (Å²) < 4.78 is 11.6. The molecule has 2 aromatic rings. The van der Waals surface area contributed by atoms with Crippen molar-refractivity contribution in [3.8, 4) is 22.6 Å². The van der Waals surface area contributed by atoms with E-state index in [4.69, 9.17) is 15.2 Å². The van der Waals surface area contributed by atoms with Gasteiger partial charge in [-0.25, -0.2) is 0 Å². The molecule has 0 atom stereocenters. The first-order chi connectivity index (χ1) is 9.22. The van der Waals surface area contributed by atoms with Crippen LogP contribution in [0, 0.1) is 0 Å². The Balaban J connectivity index is 2.65. The second-order valence-corrected chi connectivity index (χ2v) is 4.82. The fourth-order valence-corrected chi connectivity index (χ4v) is 2.74. The van der Waals surface area contributed by atoms with E-state index in [9.17, 15) is 0 Å². The molecule has 0 bridgehead atoms. The van der Waals surface area contributed by atoms with Crippen LogP contribution in [0.4, 0.5) is 0 Å². The van der Waals surface area contributed by atoms with Gasteiger partial charge in [-0.3, -0.25) is 0 Å². The molecule has 3 nitrogen and oxygen atoms in total. The molecular weight excluding hydrogens is 306 g/mol. The summed E-state index contributed by atoms with van der Waals surface area (Å²) in [7, 11) is 3.28. The summed E-state index contributed by atoms with van der Waals surface area (Å²) in [6.07, 6.45) is 0. The van der Waals surface area contributed by atoms with E-state index in [2.05, 4.69) is 15.9 Å². The molecule has 0 radical (unpaired) electrons. The molecule has 0 aliphatic rings. The highest BCUT2D eigenvalue weighted by atomic mass is 79.9. The first-order valence-corrected chi connectivity index (χ1v) is 6.71. The van der Waals surface area contributed by atoms with E-state index in [1.165, 1.54) is 0 Å². The van der Waals surface area contributed by atoms with E-state index in [1.54, 1.807) is 14.2 Å². The molecule has 0 saturated carbocycles. The predicted molar refractivity (Wildman–Crippen MR) is 80.6 cm³/mol. The van der Waals surface area contributed by atoms with Crippen LogP contribution in [-0.2, 0) is 6.54 Å². The van der Waals surface area contributed by atoms with Crippen molar-refractivity contribution in [1.82, 2.24) is 0 Å². The Morgan fingerprint density at radius 3 is 2.37 bits per heavy atom. The van der Waals surface area contributed by atoms with E-state index in [0.29, 0.717) is 6.54 Å². The van der Waals surface area contributed by atoms with Crippen LogP contribution in [0.3, 0.4) is 0 Å². The molecule has 19 heavy (non-hydrogen) atoms. The van der Waals surface area contributed by atoms with Crippen LogP contribution in [0.1, 0.15) is 5.56 Å². The Bertz CT molecular complexity index is 584. The monoisotopic (exact) mass is 321 g/mol. The zero-order valence-corrected chi connectivity index (χ0v) is 12.5. The Morgan fingerprint density at radius 2 is 1.74 bits per heavy atom. The zero-order chi connectivity index (χ0) is 13.8. The minimum atomic E-state index is 0.489. The van der Waals surface area contributed by atoms with E-state index in [-0.39, 0.29) is 0 Å². The maximum Gasteiger partial charge on any atom is 0.144 e. The van der Waals surface area contributed by atoms with Crippen LogP contribution in [0.25, 0.3) is 11.1 Å². The Hall–Kier alpha value is -1.52. The number of halogens is 1. The minimum Gasteiger partial charge on any atom is -0.495 e. The molecule has 2 rings (SSSR count). The van der Waals surface area contributed by atoms with Crippen molar-refractivity contribution in [3.05, 3.63) is 46.4 Å². The molecule has 100 valence electrons. The number of nitrogens with two attached hydrogens (primary N) is 1. The van der Waals surface area contributed by atoms with E-state index in [1.807, 2.05) is 36.4 Å². The Kier molecular flexibility index (Phi) is 4.45. The molecule has 0 fully saturated rings. The third-order valence-electron chi connectivity index (χ3n) is 3.01. The summed E-state index contributed by atoms with van der Waals surface area (Å²) >= 11 is 3.51. The number of methoxy groups -OCH3 is 2. The fraction of sp³-hybridized carbons (Fsp3) is 0.200. The molecule has 0 amide bonds. The average Bonchev–Trinajstić information content (AvgIpc) is 2.46. The van der Waals surface area contributed by atoms with Crippen molar-refractivity contribution in [1.29, 1.82) is 0 Å². The third-order valence-corrected chi connectivity index (χ3v) is 3.76. The van der Waals surface area contributed by atoms with Crippen LogP contribution in [0.15, 0.2) is 40.9 Å². The lowest BCUT2D eigenvalue weighted by Crippen LogP contribution is -2.00. The largest absolute Gasteiger partial charge is 0.495 e. The summed E-state index contributed by atoms with van der Waals surface area (Å²) in [6, 6.07) is 11.9. The normalized spacial score (nSPS) is 10.3. The van der Waals surface area contributed by atoms with Gasteiger partial charge in [0.1, 0.15) is 16.0 Å². The SMILES string of the molecule is COc1ccc(-c2ccccc2CN)c(OC)c1Br. The van der Waals surface area contributed by atoms with Crippen molar-refractivity contribution in [2.45, 2.75) is 6.54 Å². The molecule has 4 heteroatoms. The molecule has 0 saturated heterocycles. The van der Waals surface area contributed by atoms with Crippen LogP contribution in [-0.4, -0.2) is 14.2 Å². The van der Waals surface area contributed by atoms with Gasteiger partial charge in [0.05, 0.1) is 14.2 Å². The van der Waals surface area contributed by atoms with Crippen LogP contribution < -0.4 is 15.2 Å². The molecule has 0 spiro atoms. The van der Waals surface area contributed by atoms with E-state index >= 15 is 0 Å². The van der Waals surface area contributed by atoms with Gasteiger partial charge in [0.15, 0.2) is 0 Å². The molecule has 0 heterocycles. The van der Waals surface area contributed by atoms with Gasteiger partial charge < -0.3 is 15.2 Å². The standard InChI is InChI=1S/C15H16BrNO2/c1-18-13-8-7-12(15(19-2)14(13)16)11-6-4-3-5-10(11)9-17/h3-8H,9,17H2,1-2H3. The lowest BCUT2D eigenvalue weighted by molar-refractivity contribution is 0.390. The summed E-state index contributed by atoms with van der Waals surface area (Å²) in [5.74, 6) is 1.49. The molecule has 0 unspecified atom stereocenters. The van der Waals surface area contributed by atoms with Crippen molar-refractivity contribution in [2.24, 2.45) is 5.73 Å². The number of rotatable bonds is 4. The molecule has 0 aliphatic heterocycles. The summed E-state index contributed by atoms with van der Waals surface area (Å²) in [5, 5.41) is 0. The number of hydrogen-bond acceptors (Lipinski definition) is 3. The first kappa shape index (κ1) is 13.9. The fourth-order valence-electron chi connectivity index (χ4n) is 2.07. The van der Waals surface area contributed by atoms with E-state index < -0.39 is 0 Å². The topological polar surface area (TPSA) is 44.5 Å². The minimum absolute atomic E-state index is 0.489. The summed E-state index contributed by atoms with van der Waals surface area (Å²) in [5.41, 5.74) is 8.95. The Morgan fingerprint density at radius 1 is 1.00 bits per heavy atom. The van der Waals surface area contributed by atoms with Gasteiger partial charge in [-0.15, -0.1) is 0 Å². The predicted octanol–water partition coefficient (Wildman–Crippen LogP) is 3.59. The van der Waals surface area contributed by atoms with Crippen LogP contribution >= 0.6 is 15.9 Å². The number of benzene rings is 2. The van der Waals surface area contributed by atoms with Gasteiger partial charge in [0.2, 0.25) is 0 Å². The van der Waals surface area contributed by atoms with Crippen molar-refractivity contribution < 1.29 is 9.47 Å². The maximum absolute atomic E-state index is 5.80. The third kappa shape index (κ3) is 2.60. The second kappa shape index (κ2) is 6.08. The van der Waals surface area contributed by atoms with Gasteiger partial charge in [0, 0.05) is 12.1 Å². The molecule has 2 N–H and O–H groups in total. The van der Waals surface area contributed by atoms with Gasteiger partial charge in [-0.2, -0.15) is 0 Å². The summed E-state index contributed by atoms with van der Waals surface area (Å²) in [4.78, 5) is 0. The maximum atomic E-state index is 5.80. The van der Waals surface area contributed by atoms with Gasteiger partial charge in [0.25, 0.3) is 0 Å². The van der Waals surface area contributed by atoms with Crippen LogP contribution in [0.2, 0.25) is 0 Å². The van der Waals surface area contributed by atoms with Crippen molar-refractivity contribution in [3.63, 3.8) is 0 Å². The second-order valence-electron chi connectivity index (χ2n) is 4.02. The first-order valence-electron chi connectivity index (χ1n) is 5.91. The number of hydrogen-bond donors (Lipinski definition) is 1. The lowest BCUT2D eigenvalue weighted by Gasteiger charge is -2.15. The van der Waals surface area contributed by atoms with Gasteiger partial charge >= 0.3 is 0 Å². The average molecular weight is 322 g/mol. The van der Waals surface area contributed by atoms with Crippen molar-refractivity contribution in [2.75, 3.05) is 14.2 Å². The highest BCUT2D eigenvalue weighted by molar-refractivity contribution is 9.10. The lowest BCUT2D eigenvalue weighted by atomic mass is 9.98. The van der Waals surface area contributed by atoms with E-state index in [0.717, 1.165) is 32.7 Å². The Labute approximate surface area is 121 Å². The molecular formula is C15H16BrNO2. The smallest absolute Gasteiger partial charge is 0.144 e. The van der Waals surface area contributed by atoms with Gasteiger partial charge in [-0.05, 0) is 39.2 Å². The summed E-state index contributed by atoms with van der Waals surface area (Å²) in [6.45, 7) is 0.489. The molecule has 0 aromatic heterocycles. The molecule has 2 aromatic carbocycles. The molecule has 0 aliphatic carbocycles. The van der Waals surface area contributed by atoms with Crippen molar-refractivity contribution >= 4 is 15.9 Å². The number of ether oxygens (including phenoxy) is 2. The quantitative estimate of drug-likeness (QED) is 0.935.